The van der Waals surface area contributed by atoms with Crippen molar-refractivity contribution in [1.29, 1.82) is 0 Å². The maximum atomic E-state index is 12.6. The molecule has 0 radical (unpaired) electrons. The number of esters is 1. The van der Waals surface area contributed by atoms with Crippen LogP contribution in [0.1, 0.15) is 44.7 Å². The van der Waals surface area contributed by atoms with Crippen LogP contribution in [0.3, 0.4) is 0 Å². The van der Waals surface area contributed by atoms with Gasteiger partial charge in [0, 0.05) is 4.57 Å². The zero-order chi connectivity index (χ0) is 24.1. The second-order valence-electron chi connectivity index (χ2n) is 8.25. The number of hydrogen-bond donors (Lipinski definition) is 1. The lowest BCUT2D eigenvalue weighted by Crippen LogP contribution is -2.44. The number of benzene rings is 2. The van der Waals surface area contributed by atoms with Gasteiger partial charge < -0.3 is 14.8 Å². The lowest BCUT2D eigenvalue weighted by atomic mass is 10.1. The van der Waals surface area contributed by atoms with E-state index in [1.807, 2.05) is 60.7 Å². The lowest BCUT2D eigenvalue weighted by molar-refractivity contribution is -0.147. The Morgan fingerprint density at radius 2 is 1.48 bits per heavy atom. The second kappa shape index (κ2) is 13.7. The van der Waals surface area contributed by atoms with Gasteiger partial charge in [0.1, 0.15) is 31.5 Å². The lowest BCUT2D eigenvalue weighted by Gasteiger charge is -2.22. The molecular formula is C24H31NO7P+. The Hall–Kier alpha value is -2.80. The predicted molar refractivity (Wildman–Crippen MR) is 123 cm³/mol. The van der Waals surface area contributed by atoms with Gasteiger partial charge in [-0.05, 0) is 44.7 Å². The first kappa shape index (κ1) is 26.5. The molecule has 0 aliphatic heterocycles. The number of carbonyl (C=O) groups excluding carboxylic acids is 2. The van der Waals surface area contributed by atoms with Gasteiger partial charge in [-0.25, -0.2) is 9.59 Å². The molecule has 2 atom stereocenters. The highest BCUT2D eigenvalue weighted by molar-refractivity contribution is 7.33. The molecule has 0 bridgehead atoms. The fourth-order valence-electron chi connectivity index (χ4n) is 2.69. The van der Waals surface area contributed by atoms with Gasteiger partial charge in [-0.15, -0.1) is 9.05 Å². The molecular weight excluding hydrogens is 445 g/mol. The van der Waals surface area contributed by atoms with E-state index in [-0.39, 0.29) is 26.2 Å². The Balaban J connectivity index is 1.81. The molecule has 1 amide bonds. The zero-order valence-electron chi connectivity index (χ0n) is 19.2. The van der Waals surface area contributed by atoms with E-state index in [1.165, 1.54) is 0 Å². The van der Waals surface area contributed by atoms with E-state index in [1.54, 1.807) is 20.8 Å². The van der Waals surface area contributed by atoms with Crippen molar-refractivity contribution in [2.24, 2.45) is 0 Å². The van der Waals surface area contributed by atoms with Crippen molar-refractivity contribution >= 4 is 20.3 Å². The Labute approximate surface area is 195 Å². The quantitative estimate of drug-likeness (QED) is 0.252. The highest BCUT2D eigenvalue weighted by atomic mass is 31.1. The second-order valence-corrected chi connectivity index (χ2v) is 9.21. The summed E-state index contributed by atoms with van der Waals surface area (Å²) in [7, 11) is -2.30. The van der Waals surface area contributed by atoms with E-state index < -0.39 is 32.0 Å². The van der Waals surface area contributed by atoms with E-state index >= 15 is 0 Å². The van der Waals surface area contributed by atoms with E-state index in [0.29, 0.717) is 6.42 Å². The fraction of sp³-hybridized carbons (Fsp3) is 0.417. The largest absolute Gasteiger partial charge is 0.697 e. The van der Waals surface area contributed by atoms with Crippen molar-refractivity contribution in [3.8, 4) is 0 Å². The van der Waals surface area contributed by atoms with Crippen LogP contribution in [0.4, 0.5) is 4.79 Å². The zero-order valence-corrected chi connectivity index (χ0v) is 20.1. The highest BCUT2D eigenvalue weighted by Crippen LogP contribution is 2.26. The summed E-state index contributed by atoms with van der Waals surface area (Å²) in [4.78, 5) is 24.8. The van der Waals surface area contributed by atoms with Crippen molar-refractivity contribution in [1.82, 2.24) is 5.32 Å². The number of amides is 1. The van der Waals surface area contributed by atoms with Crippen LogP contribution in [0.25, 0.3) is 0 Å². The summed E-state index contributed by atoms with van der Waals surface area (Å²) in [6.45, 7) is 5.54. The molecule has 0 heterocycles. The Morgan fingerprint density at radius 1 is 0.909 bits per heavy atom. The van der Waals surface area contributed by atoms with Gasteiger partial charge in [0.15, 0.2) is 0 Å². The third-order valence-corrected chi connectivity index (χ3v) is 4.95. The monoisotopic (exact) mass is 476 g/mol. The molecule has 0 saturated heterocycles. The molecule has 0 aliphatic carbocycles. The maximum absolute atomic E-state index is 12.6. The standard InChI is InChI=1S/C24H30NO7P/c1-24(2,3)32-23(27)25-21(22(26)29-17-19-11-6-4-7-12-19)15-10-16-30-33(28)31-18-20-13-8-5-9-14-20/h4-9,11-14,21H,10,15-18H2,1-3H3/p+1/t21-/m1/s1. The maximum Gasteiger partial charge on any atom is 0.697 e. The molecule has 2 aromatic carbocycles. The van der Waals surface area contributed by atoms with E-state index in [0.717, 1.165) is 11.1 Å². The van der Waals surface area contributed by atoms with E-state index in [2.05, 4.69) is 5.32 Å². The molecule has 33 heavy (non-hydrogen) atoms. The molecule has 178 valence electrons. The Bertz CT molecular complexity index is 885. The van der Waals surface area contributed by atoms with Crippen LogP contribution in [0.2, 0.25) is 0 Å². The van der Waals surface area contributed by atoms with E-state index in [4.69, 9.17) is 18.5 Å². The minimum absolute atomic E-state index is 0.0852. The van der Waals surface area contributed by atoms with Crippen LogP contribution in [-0.2, 0) is 41.1 Å². The van der Waals surface area contributed by atoms with Crippen molar-refractivity contribution in [3.05, 3.63) is 71.8 Å². The summed E-state index contributed by atoms with van der Waals surface area (Å²) in [6.07, 6.45) is -0.159. The molecule has 2 rings (SSSR count). The van der Waals surface area contributed by atoms with Crippen LogP contribution in [0, 0.1) is 0 Å². The number of carbonyl (C=O) groups is 2. The van der Waals surface area contributed by atoms with Gasteiger partial charge in [-0.3, -0.25) is 0 Å². The van der Waals surface area contributed by atoms with Gasteiger partial charge in [-0.1, -0.05) is 60.7 Å². The van der Waals surface area contributed by atoms with Crippen LogP contribution in [0.5, 0.6) is 0 Å². The van der Waals surface area contributed by atoms with Crippen molar-refractivity contribution in [3.63, 3.8) is 0 Å². The van der Waals surface area contributed by atoms with Crippen LogP contribution in [0.15, 0.2) is 60.7 Å². The fourth-order valence-corrected chi connectivity index (χ4v) is 3.30. The third-order valence-electron chi connectivity index (χ3n) is 4.21. The number of nitrogens with one attached hydrogen (secondary N) is 1. The predicted octanol–water partition coefficient (Wildman–Crippen LogP) is 5.29. The SMILES string of the molecule is CC(C)(C)OC(=O)N[C@H](CCCO[P+](=O)OCc1ccccc1)C(=O)OCc1ccccc1. The normalized spacial score (nSPS) is 12.5. The van der Waals surface area contributed by atoms with Crippen LogP contribution < -0.4 is 5.32 Å². The number of rotatable bonds is 12. The first-order chi connectivity index (χ1) is 15.7. The molecule has 9 heteroatoms. The smallest absolute Gasteiger partial charge is 0.459 e. The van der Waals surface area contributed by atoms with Crippen molar-refractivity contribution in [2.45, 2.75) is 58.5 Å². The number of alkyl carbamates (subject to hydrolysis) is 1. The van der Waals surface area contributed by atoms with Gasteiger partial charge in [0.2, 0.25) is 0 Å². The van der Waals surface area contributed by atoms with Crippen molar-refractivity contribution < 1.29 is 32.7 Å². The number of ether oxygens (including phenoxy) is 2. The highest BCUT2D eigenvalue weighted by Gasteiger charge is 2.26. The molecule has 8 nitrogen and oxygen atoms in total. The van der Waals surface area contributed by atoms with Crippen LogP contribution in [-0.4, -0.2) is 30.3 Å². The average Bonchev–Trinajstić information content (AvgIpc) is 2.78. The summed E-state index contributed by atoms with van der Waals surface area (Å²) in [5.74, 6) is -0.588. The van der Waals surface area contributed by atoms with Crippen molar-refractivity contribution in [2.75, 3.05) is 6.61 Å². The van der Waals surface area contributed by atoms with Gasteiger partial charge in [0.05, 0.1) is 0 Å². The van der Waals surface area contributed by atoms with Gasteiger partial charge >= 0.3 is 20.3 Å². The molecule has 0 saturated carbocycles. The summed E-state index contributed by atoms with van der Waals surface area (Å²) < 4.78 is 32.9. The van der Waals surface area contributed by atoms with E-state index in [9.17, 15) is 14.2 Å². The molecule has 0 aromatic heterocycles. The molecule has 2 aromatic rings. The Kier molecular flexibility index (Phi) is 11.0. The summed E-state index contributed by atoms with van der Waals surface area (Å²) in [5, 5.41) is 2.55. The van der Waals surface area contributed by atoms with Gasteiger partial charge in [-0.2, -0.15) is 0 Å². The molecule has 0 spiro atoms. The van der Waals surface area contributed by atoms with Crippen LogP contribution >= 0.6 is 8.25 Å². The third kappa shape index (κ3) is 11.6. The Morgan fingerprint density at radius 3 is 2.06 bits per heavy atom. The molecule has 1 unspecified atom stereocenters. The molecule has 1 N–H and O–H groups in total. The summed E-state index contributed by atoms with van der Waals surface area (Å²) in [5.41, 5.74) is 1.00. The minimum atomic E-state index is -2.30. The first-order valence-electron chi connectivity index (χ1n) is 10.7. The molecule has 0 fully saturated rings. The average molecular weight is 476 g/mol. The minimum Gasteiger partial charge on any atom is -0.459 e. The topological polar surface area (TPSA) is 100 Å². The number of hydrogen-bond acceptors (Lipinski definition) is 7. The summed E-state index contributed by atoms with van der Waals surface area (Å²) in [6, 6.07) is 17.6. The first-order valence-corrected chi connectivity index (χ1v) is 11.8. The summed E-state index contributed by atoms with van der Waals surface area (Å²) >= 11 is 0. The molecule has 0 aliphatic rings. The van der Waals surface area contributed by atoms with Gasteiger partial charge in [0.25, 0.3) is 0 Å².